The van der Waals surface area contributed by atoms with Gasteiger partial charge in [-0.05, 0) is 12.1 Å². The molecule has 0 amide bonds. The molecule has 0 unspecified atom stereocenters. The number of hydrogen-bond donors (Lipinski definition) is 1. The van der Waals surface area contributed by atoms with Gasteiger partial charge in [0.15, 0.2) is 5.96 Å². The van der Waals surface area contributed by atoms with Crippen LogP contribution in [0.2, 0.25) is 0 Å². The Labute approximate surface area is 188 Å². The average Bonchev–Trinajstić information content (AvgIpc) is 3.15. The summed E-state index contributed by atoms with van der Waals surface area (Å²) in [6.45, 7) is 8.36. The minimum Gasteiger partial charge on any atom is -0.366 e. The van der Waals surface area contributed by atoms with Gasteiger partial charge in [-0.1, -0.05) is 26.0 Å². The summed E-state index contributed by atoms with van der Waals surface area (Å²) in [4.78, 5) is 13.4. The van der Waals surface area contributed by atoms with E-state index in [-0.39, 0.29) is 29.8 Å². The minimum atomic E-state index is -0.155. The van der Waals surface area contributed by atoms with Crippen molar-refractivity contribution in [3.8, 4) is 0 Å². The second-order valence-corrected chi connectivity index (χ2v) is 7.87. The van der Waals surface area contributed by atoms with E-state index < -0.39 is 0 Å². The zero-order valence-electron chi connectivity index (χ0n) is 16.7. The van der Waals surface area contributed by atoms with Crippen LogP contribution in [0.3, 0.4) is 0 Å². The molecule has 1 aromatic heterocycles. The quantitative estimate of drug-likeness (QED) is 0.371. The summed E-state index contributed by atoms with van der Waals surface area (Å²) in [5.41, 5.74) is 1.82. The zero-order valence-corrected chi connectivity index (χ0v) is 19.8. The first kappa shape index (κ1) is 22.9. The van der Waals surface area contributed by atoms with Crippen LogP contribution in [0.1, 0.15) is 30.5 Å². The van der Waals surface area contributed by atoms with Gasteiger partial charge in [-0.3, -0.25) is 4.99 Å². The van der Waals surface area contributed by atoms with E-state index in [0.29, 0.717) is 11.6 Å². The Morgan fingerprint density at radius 1 is 1.25 bits per heavy atom. The maximum atomic E-state index is 14.0. The van der Waals surface area contributed by atoms with Crippen molar-refractivity contribution in [1.82, 2.24) is 15.2 Å². The molecule has 8 heteroatoms. The molecule has 0 saturated carbocycles. The molecule has 1 aliphatic rings. The van der Waals surface area contributed by atoms with Crippen LogP contribution < -0.4 is 10.2 Å². The number of aromatic nitrogens is 1. The number of rotatable bonds is 5. The summed E-state index contributed by atoms with van der Waals surface area (Å²) < 4.78 is 14.0. The Morgan fingerprint density at radius 3 is 2.57 bits per heavy atom. The topological polar surface area (TPSA) is 43.8 Å². The largest absolute Gasteiger partial charge is 0.366 e. The first-order chi connectivity index (χ1) is 13.1. The van der Waals surface area contributed by atoms with Gasteiger partial charge in [0.05, 0.1) is 16.4 Å². The lowest BCUT2D eigenvalue weighted by atomic mass is 10.2. The van der Waals surface area contributed by atoms with Gasteiger partial charge in [-0.25, -0.2) is 9.37 Å². The fraction of sp³-hybridized carbons (Fsp3) is 0.500. The van der Waals surface area contributed by atoms with Crippen LogP contribution in [0.15, 0.2) is 34.6 Å². The van der Waals surface area contributed by atoms with Gasteiger partial charge in [0, 0.05) is 57.5 Å². The maximum absolute atomic E-state index is 14.0. The SMILES string of the molecule is CN=C(NCCc1csc(C(C)C)n1)N1CCN(c2ccccc2F)CC1.I. The number of nitrogens with zero attached hydrogens (tertiary/aromatic N) is 4. The third kappa shape index (κ3) is 5.79. The van der Waals surface area contributed by atoms with Gasteiger partial charge in [0.25, 0.3) is 0 Å². The molecule has 1 saturated heterocycles. The van der Waals surface area contributed by atoms with Crippen LogP contribution in [-0.4, -0.2) is 55.6 Å². The van der Waals surface area contributed by atoms with Crippen molar-refractivity contribution < 1.29 is 4.39 Å². The van der Waals surface area contributed by atoms with E-state index in [1.807, 2.05) is 19.2 Å². The van der Waals surface area contributed by atoms with E-state index in [4.69, 9.17) is 0 Å². The standard InChI is InChI=1S/C20H28FN5S.HI/c1-15(2)19-24-16(14-27-19)8-9-23-20(22-3)26-12-10-25(11-13-26)18-7-5-4-6-17(18)21;/h4-7,14-15H,8-13H2,1-3H3,(H,22,23);1H. The molecule has 5 nitrogen and oxygen atoms in total. The molecule has 0 radical (unpaired) electrons. The second kappa shape index (κ2) is 10.9. The van der Waals surface area contributed by atoms with Crippen molar-refractivity contribution in [1.29, 1.82) is 0 Å². The highest BCUT2D eigenvalue weighted by molar-refractivity contribution is 14.0. The number of para-hydroxylation sites is 1. The number of thiazole rings is 1. The molecule has 2 aromatic rings. The molecule has 1 aliphatic heterocycles. The predicted molar refractivity (Wildman–Crippen MR) is 127 cm³/mol. The Morgan fingerprint density at radius 2 is 1.96 bits per heavy atom. The number of benzene rings is 1. The summed E-state index contributed by atoms with van der Waals surface area (Å²) in [7, 11) is 1.81. The Balaban J connectivity index is 0.00000280. The summed E-state index contributed by atoms with van der Waals surface area (Å²) in [6.07, 6.45) is 0.886. The summed E-state index contributed by atoms with van der Waals surface area (Å²) >= 11 is 1.73. The molecular weight excluding hydrogens is 488 g/mol. The molecule has 2 heterocycles. The molecular formula is C20H29FIN5S. The first-order valence-corrected chi connectivity index (χ1v) is 10.4. The van der Waals surface area contributed by atoms with Crippen LogP contribution in [0, 0.1) is 5.82 Å². The van der Waals surface area contributed by atoms with Gasteiger partial charge in [-0.15, -0.1) is 35.3 Å². The number of halogens is 2. The fourth-order valence-electron chi connectivity index (χ4n) is 3.20. The highest BCUT2D eigenvalue weighted by atomic mass is 127. The van der Waals surface area contributed by atoms with Crippen LogP contribution in [0.25, 0.3) is 0 Å². The number of aliphatic imine (C=N–C) groups is 1. The highest BCUT2D eigenvalue weighted by Gasteiger charge is 2.21. The van der Waals surface area contributed by atoms with Gasteiger partial charge in [0.2, 0.25) is 0 Å². The predicted octanol–water partition coefficient (Wildman–Crippen LogP) is 3.96. The Kier molecular flexibility index (Phi) is 8.94. The monoisotopic (exact) mass is 517 g/mol. The van der Waals surface area contributed by atoms with E-state index in [1.165, 1.54) is 11.1 Å². The summed E-state index contributed by atoms with van der Waals surface area (Å²) in [5, 5.41) is 6.78. The number of hydrogen-bond acceptors (Lipinski definition) is 4. The van der Waals surface area contributed by atoms with Crippen LogP contribution in [0.4, 0.5) is 10.1 Å². The highest BCUT2D eigenvalue weighted by Crippen LogP contribution is 2.20. The molecule has 1 N–H and O–H groups in total. The molecule has 1 aromatic carbocycles. The van der Waals surface area contributed by atoms with E-state index >= 15 is 0 Å². The van der Waals surface area contributed by atoms with E-state index in [9.17, 15) is 4.39 Å². The van der Waals surface area contributed by atoms with Gasteiger partial charge < -0.3 is 15.1 Å². The van der Waals surface area contributed by atoms with Crippen molar-refractivity contribution in [2.75, 3.05) is 44.7 Å². The van der Waals surface area contributed by atoms with Crippen LogP contribution in [0.5, 0.6) is 0 Å². The van der Waals surface area contributed by atoms with E-state index in [1.54, 1.807) is 17.4 Å². The molecule has 3 rings (SSSR count). The minimum absolute atomic E-state index is 0. The number of piperazine rings is 1. The number of guanidine groups is 1. The third-order valence-electron chi connectivity index (χ3n) is 4.71. The molecule has 0 aliphatic carbocycles. The Bertz CT molecular complexity index is 771. The number of nitrogens with one attached hydrogen (secondary N) is 1. The molecule has 0 bridgehead atoms. The fourth-order valence-corrected chi connectivity index (χ4v) is 4.07. The van der Waals surface area contributed by atoms with Crippen molar-refractivity contribution in [3.05, 3.63) is 46.2 Å². The molecule has 1 fully saturated rings. The van der Waals surface area contributed by atoms with Gasteiger partial charge in [-0.2, -0.15) is 0 Å². The summed E-state index contributed by atoms with van der Waals surface area (Å²) in [5.74, 6) is 1.23. The third-order valence-corrected chi connectivity index (χ3v) is 5.91. The van der Waals surface area contributed by atoms with Crippen molar-refractivity contribution in [2.45, 2.75) is 26.2 Å². The maximum Gasteiger partial charge on any atom is 0.193 e. The van der Waals surface area contributed by atoms with Crippen molar-refractivity contribution >= 4 is 47.0 Å². The molecule has 0 atom stereocenters. The van der Waals surface area contributed by atoms with Crippen molar-refractivity contribution in [2.24, 2.45) is 4.99 Å². The smallest absolute Gasteiger partial charge is 0.193 e. The van der Waals surface area contributed by atoms with Crippen molar-refractivity contribution in [3.63, 3.8) is 0 Å². The Hall–Kier alpha value is -1.42. The lowest BCUT2D eigenvalue weighted by Gasteiger charge is -2.37. The lowest BCUT2D eigenvalue weighted by molar-refractivity contribution is 0.371. The van der Waals surface area contributed by atoms with E-state index in [0.717, 1.165) is 50.8 Å². The van der Waals surface area contributed by atoms with Gasteiger partial charge >= 0.3 is 0 Å². The zero-order chi connectivity index (χ0) is 19.2. The van der Waals surface area contributed by atoms with Crippen LogP contribution >= 0.6 is 35.3 Å². The lowest BCUT2D eigenvalue weighted by Crippen LogP contribution is -2.53. The molecule has 154 valence electrons. The second-order valence-electron chi connectivity index (χ2n) is 6.98. The first-order valence-electron chi connectivity index (χ1n) is 9.48. The van der Waals surface area contributed by atoms with Gasteiger partial charge in [0.1, 0.15) is 5.82 Å². The molecule has 28 heavy (non-hydrogen) atoms. The number of anilines is 1. The normalized spacial score (nSPS) is 15.0. The van der Waals surface area contributed by atoms with Crippen LogP contribution in [-0.2, 0) is 6.42 Å². The van der Waals surface area contributed by atoms with E-state index in [2.05, 4.69) is 44.3 Å². The molecule has 0 spiro atoms. The summed E-state index contributed by atoms with van der Waals surface area (Å²) in [6, 6.07) is 6.98. The average molecular weight is 517 g/mol.